The molecular weight excluding hydrogens is 504 g/mol. The lowest BCUT2D eigenvalue weighted by Crippen LogP contribution is -2.18. The van der Waals surface area contributed by atoms with E-state index in [1.807, 2.05) is 11.3 Å². The Morgan fingerprint density at radius 1 is 0.625 bits per heavy atom. The molecule has 0 bridgehead atoms. The van der Waals surface area contributed by atoms with Gasteiger partial charge in [0.1, 0.15) is 0 Å². The third kappa shape index (κ3) is 3.85. The Balaban J connectivity index is 1.17. The molecule has 0 amide bonds. The highest BCUT2D eigenvalue weighted by Gasteiger charge is 2.23. The summed E-state index contributed by atoms with van der Waals surface area (Å²) in [5.74, 6) is 0.370. The number of hydrogen-bond acceptors (Lipinski definition) is 3. The van der Waals surface area contributed by atoms with Gasteiger partial charge in [0, 0.05) is 37.0 Å². The van der Waals surface area contributed by atoms with Gasteiger partial charge in [-0.05, 0) is 46.9 Å². The molecule has 2 nitrogen and oxygen atoms in total. The molecule has 8 rings (SSSR count). The molecule has 1 unspecified atom stereocenters. The predicted octanol–water partition coefficient (Wildman–Crippen LogP) is 10.2. The molecule has 5 aromatic carbocycles. The standard InChI is InChI=1S/C37H26N2S/c1-23-21-29-16-15-27-18-20-32(38-36(27)37(29)39-35(23)26-7-3-2-4-8-26)25-13-11-24(12-14-25)28-17-19-31-30-9-5-6-10-33(30)40-34(31)22-28/h2-20,22-23H,21H2,1H3. The van der Waals surface area contributed by atoms with Crippen LogP contribution >= 0.6 is 11.3 Å². The Hall–Kier alpha value is -4.60. The summed E-state index contributed by atoms with van der Waals surface area (Å²) in [6.07, 6.45) is 0.976. The van der Waals surface area contributed by atoms with Crippen molar-refractivity contribution in [2.24, 2.45) is 10.9 Å². The number of rotatable bonds is 3. The second-order valence-electron chi connectivity index (χ2n) is 10.7. The zero-order valence-corrected chi connectivity index (χ0v) is 23.0. The van der Waals surface area contributed by atoms with Crippen LogP contribution in [0.4, 0.5) is 5.69 Å². The van der Waals surface area contributed by atoms with Gasteiger partial charge in [0.2, 0.25) is 0 Å². The molecule has 0 radical (unpaired) electrons. The maximum atomic E-state index is 5.21. The summed E-state index contributed by atoms with van der Waals surface area (Å²) in [4.78, 5) is 10.4. The average molecular weight is 531 g/mol. The van der Waals surface area contributed by atoms with Crippen LogP contribution in [0.3, 0.4) is 0 Å². The highest BCUT2D eigenvalue weighted by molar-refractivity contribution is 7.25. The van der Waals surface area contributed by atoms with Crippen LogP contribution in [-0.2, 0) is 6.42 Å². The van der Waals surface area contributed by atoms with Crippen LogP contribution in [0.25, 0.3) is 53.5 Å². The molecule has 0 saturated carbocycles. The van der Waals surface area contributed by atoms with E-state index >= 15 is 0 Å². The summed E-state index contributed by atoms with van der Waals surface area (Å²) in [6, 6.07) is 43.5. The fraction of sp³-hybridized carbons (Fsp3) is 0.0811. The SMILES string of the molecule is CC1Cc2ccc3ccc(-c4ccc(-c5ccc6c(c5)sc5ccccc56)cc4)nc3c2N=C1c1ccccc1. The molecule has 2 aromatic heterocycles. The molecule has 1 aliphatic heterocycles. The summed E-state index contributed by atoms with van der Waals surface area (Å²) < 4.78 is 2.66. The Morgan fingerprint density at radius 3 is 2.23 bits per heavy atom. The maximum Gasteiger partial charge on any atom is 0.0968 e. The van der Waals surface area contributed by atoms with Gasteiger partial charge in [-0.15, -0.1) is 11.3 Å². The quantitative estimate of drug-likeness (QED) is 0.223. The van der Waals surface area contributed by atoms with Gasteiger partial charge in [0.25, 0.3) is 0 Å². The summed E-state index contributed by atoms with van der Waals surface area (Å²) in [7, 11) is 0. The summed E-state index contributed by atoms with van der Waals surface area (Å²) >= 11 is 1.86. The molecule has 1 atom stereocenters. The monoisotopic (exact) mass is 530 g/mol. The van der Waals surface area contributed by atoms with Crippen molar-refractivity contribution in [3.8, 4) is 22.4 Å². The van der Waals surface area contributed by atoms with Gasteiger partial charge in [-0.1, -0.05) is 110 Å². The van der Waals surface area contributed by atoms with Gasteiger partial charge in [-0.3, -0.25) is 0 Å². The second kappa shape index (κ2) is 9.25. The lowest BCUT2D eigenvalue weighted by molar-refractivity contribution is 0.756. The van der Waals surface area contributed by atoms with Gasteiger partial charge in [-0.2, -0.15) is 0 Å². The second-order valence-corrected chi connectivity index (χ2v) is 11.8. The first-order chi connectivity index (χ1) is 19.7. The van der Waals surface area contributed by atoms with E-state index in [-0.39, 0.29) is 0 Å². The number of aliphatic imine (C=N–C) groups is 1. The number of aromatic nitrogens is 1. The minimum Gasteiger partial charge on any atom is -0.250 e. The van der Waals surface area contributed by atoms with E-state index in [2.05, 4.69) is 128 Å². The zero-order valence-electron chi connectivity index (χ0n) is 22.1. The van der Waals surface area contributed by atoms with E-state index in [0.717, 1.165) is 40.0 Å². The van der Waals surface area contributed by atoms with Crippen molar-refractivity contribution >= 4 is 53.8 Å². The van der Waals surface area contributed by atoms with E-state index in [9.17, 15) is 0 Å². The molecule has 1 aliphatic rings. The fourth-order valence-corrected chi connectivity index (χ4v) is 7.17. The molecule has 190 valence electrons. The molecule has 0 spiro atoms. The van der Waals surface area contributed by atoms with Gasteiger partial charge in [0.15, 0.2) is 0 Å². The van der Waals surface area contributed by atoms with Crippen LogP contribution in [-0.4, -0.2) is 10.7 Å². The summed E-state index contributed by atoms with van der Waals surface area (Å²) in [5.41, 5.74) is 10.2. The van der Waals surface area contributed by atoms with E-state index in [0.29, 0.717) is 5.92 Å². The summed E-state index contributed by atoms with van der Waals surface area (Å²) in [5, 5.41) is 3.79. The molecular formula is C37H26N2S. The molecule has 3 heteroatoms. The third-order valence-corrected chi connectivity index (χ3v) is 9.24. The lowest BCUT2D eigenvalue weighted by atomic mass is 9.88. The highest BCUT2D eigenvalue weighted by Crippen LogP contribution is 2.38. The Kier molecular flexibility index (Phi) is 5.39. The molecule has 0 fully saturated rings. The number of hydrogen-bond donors (Lipinski definition) is 0. The number of fused-ring (bicyclic) bond motifs is 6. The van der Waals surface area contributed by atoms with E-state index in [1.54, 1.807) is 0 Å². The lowest BCUT2D eigenvalue weighted by Gasteiger charge is -2.23. The molecule has 3 heterocycles. The Labute approximate surface area is 237 Å². The van der Waals surface area contributed by atoms with Gasteiger partial charge < -0.3 is 0 Å². The van der Waals surface area contributed by atoms with E-state index in [1.165, 1.54) is 42.4 Å². The third-order valence-electron chi connectivity index (χ3n) is 8.11. The van der Waals surface area contributed by atoms with Crippen molar-refractivity contribution < 1.29 is 0 Å². The zero-order chi connectivity index (χ0) is 26.6. The van der Waals surface area contributed by atoms with Crippen molar-refractivity contribution in [1.29, 1.82) is 0 Å². The average Bonchev–Trinajstić information content (AvgIpc) is 3.39. The van der Waals surface area contributed by atoms with E-state index < -0.39 is 0 Å². The first kappa shape index (κ1) is 23.3. The fourth-order valence-electron chi connectivity index (χ4n) is 6.02. The number of benzene rings is 5. The maximum absolute atomic E-state index is 5.21. The highest BCUT2D eigenvalue weighted by atomic mass is 32.1. The Morgan fingerprint density at radius 2 is 1.35 bits per heavy atom. The first-order valence-corrected chi connectivity index (χ1v) is 14.6. The predicted molar refractivity (Wildman–Crippen MR) is 171 cm³/mol. The van der Waals surface area contributed by atoms with Crippen LogP contribution in [0.2, 0.25) is 0 Å². The van der Waals surface area contributed by atoms with Gasteiger partial charge in [-0.25, -0.2) is 9.98 Å². The van der Waals surface area contributed by atoms with Crippen molar-refractivity contribution in [2.75, 3.05) is 0 Å². The van der Waals surface area contributed by atoms with Gasteiger partial charge in [0.05, 0.1) is 22.6 Å². The first-order valence-electron chi connectivity index (χ1n) is 13.8. The topological polar surface area (TPSA) is 25.2 Å². The van der Waals surface area contributed by atoms with Gasteiger partial charge >= 0.3 is 0 Å². The molecule has 7 aromatic rings. The summed E-state index contributed by atoms with van der Waals surface area (Å²) in [6.45, 7) is 2.27. The van der Waals surface area contributed by atoms with Crippen LogP contribution < -0.4 is 0 Å². The van der Waals surface area contributed by atoms with Crippen LogP contribution in [0.1, 0.15) is 18.1 Å². The van der Waals surface area contributed by atoms with Crippen LogP contribution in [0.15, 0.2) is 126 Å². The van der Waals surface area contributed by atoms with Crippen molar-refractivity contribution in [2.45, 2.75) is 13.3 Å². The molecule has 40 heavy (non-hydrogen) atoms. The number of pyridine rings is 1. The smallest absolute Gasteiger partial charge is 0.0968 e. The number of nitrogens with zero attached hydrogens (tertiary/aromatic N) is 2. The molecule has 0 aliphatic carbocycles. The van der Waals surface area contributed by atoms with Crippen molar-refractivity contribution in [3.05, 3.63) is 132 Å². The number of thiophene rings is 1. The molecule has 0 N–H and O–H groups in total. The minimum atomic E-state index is 0.370. The van der Waals surface area contributed by atoms with Crippen molar-refractivity contribution in [3.63, 3.8) is 0 Å². The van der Waals surface area contributed by atoms with Crippen LogP contribution in [0, 0.1) is 5.92 Å². The largest absolute Gasteiger partial charge is 0.250 e. The van der Waals surface area contributed by atoms with Crippen molar-refractivity contribution in [1.82, 2.24) is 4.98 Å². The minimum absolute atomic E-state index is 0.370. The normalized spacial score (nSPS) is 14.9. The van der Waals surface area contributed by atoms with E-state index in [4.69, 9.17) is 9.98 Å². The Bertz CT molecular complexity index is 2090. The molecule has 0 saturated heterocycles. The van der Waals surface area contributed by atoms with Crippen LogP contribution in [0.5, 0.6) is 0 Å².